The third-order valence-corrected chi connectivity index (χ3v) is 5.02. The van der Waals surface area contributed by atoms with Crippen LogP contribution < -0.4 is 0 Å². The molecule has 1 aliphatic heterocycles. The normalized spacial score (nSPS) is 18.4. The number of halogens is 1. The van der Waals surface area contributed by atoms with Gasteiger partial charge in [-0.15, -0.1) is 11.6 Å². The van der Waals surface area contributed by atoms with Crippen molar-refractivity contribution in [2.45, 2.75) is 47.1 Å². The first-order valence-corrected chi connectivity index (χ1v) is 7.38. The summed E-state index contributed by atoms with van der Waals surface area (Å²) in [7, 11) is 0. The Labute approximate surface area is 120 Å². The molecule has 1 aromatic rings. The molecular formula is C16H22ClNO. The van der Waals surface area contributed by atoms with Gasteiger partial charge in [-0.3, -0.25) is 4.79 Å². The number of fused-ring (bicyclic) bond motifs is 1. The van der Waals surface area contributed by atoms with E-state index < -0.39 is 0 Å². The summed E-state index contributed by atoms with van der Waals surface area (Å²) in [6.07, 6.45) is 0.941. The number of carbonyl (C=O) groups is 1. The Hall–Kier alpha value is -1.02. The van der Waals surface area contributed by atoms with E-state index in [1.807, 2.05) is 4.90 Å². The smallest absolute Gasteiger partial charge is 0.238 e. The summed E-state index contributed by atoms with van der Waals surface area (Å²) in [6, 6.07) is 0.132. The lowest BCUT2D eigenvalue weighted by Gasteiger charge is -2.38. The van der Waals surface area contributed by atoms with Gasteiger partial charge in [0.1, 0.15) is 5.88 Å². The largest absolute Gasteiger partial charge is 0.335 e. The number of hydrogen-bond donors (Lipinski definition) is 0. The quantitative estimate of drug-likeness (QED) is 0.719. The van der Waals surface area contributed by atoms with Gasteiger partial charge in [0, 0.05) is 6.54 Å². The summed E-state index contributed by atoms with van der Waals surface area (Å²) in [5.74, 6) is 0.109. The van der Waals surface area contributed by atoms with E-state index in [-0.39, 0.29) is 17.8 Å². The lowest BCUT2D eigenvalue weighted by molar-refractivity contribution is -0.131. The fourth-order valence-electron chi connectivity index (χ4n) is 3.31. The maximum absolute atomic E-state index is 11.9. The van der Waals surface area contributed by atoms with Gasteiger partial charge >= 0.3 is 0 Å². The van der Waals surface area contributed by atoms with Crippen LogP contribution >= 0.6 is 11.6 Å². The zero-order chi connectivity index (χ0) is 14.3. The van der Waals surface area contributed by atoms with Gasteiger partial charge in [0.2, 0.25) is 5.91 Å². The summed E-state index contributed by atoms with van der Waals surface area (Å²) < 4.78 is 0. The average molecular weight is 280 g/mol. The van der Waals surface area contributed by atoms with E-state index in [4.69, 9.17) is 11.6 Å². The molecule has 1 aliphatic rings. The summed E-state index contributed by atoms with van der Waals surface area (Å²) >= 11 is 5.71. The van der Waals surface area contributed by atoms with Gasteiger partial charge in [-0.05, 0) is 74.4 Å². The van der Waals surface area contributed by atoms with Gasteiger partial charge in [-0.1, -0.05) is 0 Å². The van der Waals surface area contributed by atoms with E-state index in [2.05, 4.69) is 34.6 Å². The van der Waals surface area contributed by atoms with Crippen molar-refractivity contribution in [3.8, 4) is 0 Å². The zero-order valence-electron chi connectivity index (χ0n) is 12.4. The minimum Gasteiger partial charge on any atom is -0.335 e. The lowest BCUT2D eigenvalue weighted by Crippen LogP contribution is -2.40. The molecule has 0 N–H and O–H groups in total. The van der Waals surface area contributed by atoms with Crippen LogP contribution in [0.3, 0.4) is 0 Å². The number of alkyl halides is 1. The summed E-state index contributed by atoms with van der Waals surface area (Å²) in [5.41, 5.74) is 8.24. The Morgan fingerprint density at radius 1 is 1.16 bits per heavy atom. The maximum atomic E-state index is 11.9. The standard InChI is InChI=1S/C16H22ClNO/c1-9-10(2)12(4)16-13(5)18(15(19)8-17)7-6-14(16)11(9)3/h13H,6-8H2,1-5H3. The number of carbonyl (C=O) groups excluding carboxylic acids is 1. The van der Waals surface area contributed by atoms with Crippen LogP contribution in [0.2, 0.25) is 0 Å². The molecule has 19 heavy (non-hydrogen) atoms. The molecule has 1 amide bonds. The molecule has 104 valence electrons. The van der Waals surface area contributed by atoms with Crippen molar-refractivity contribution in [1.82, 2.24) is 4.90 Å². The molecule has 2 rings (SSSR count). The summed E-state index contributed by atoms with van der Waals surface area (Å²) in [4.78, 5) is 13.8. The predicted octanol–water partition coefficient (Wildman–Crippen LogP) is 3.60. The molecule has 1 heterocycles. The minimum absolute atomic E-state index is 0.0371. The Morgan fingerprint density at radius 3 is 2.32 bits per heavy atom. The molecule has 0 radical (unpaired) electrons. The van der Waals surface area contributed by atoms with Crippen LogP contribution in [0.15, 0.2) is 0 Å². The highest BCUT2D eigenvalue weighted by molar-refractivity contribution is 6.27. The minimum atomic E-state index is 0.0371. The highest BCUT2D eigenvalue weighted by Gasteiger charge is 2.30. The van der Waals surface area contributed by atoms with E-state index in [1.54, 1.807) is 0 Å². The van der Waals surface area contributed by atoms with Gasteiger partial charge in [0.05, 0.1) is 6.04 Å². The monoisotopic (exact) mass is 279 g/mol. The number of hydrogen-bond acceptors (Lipinski definition) is 1. The topological polar surface area (TPSA) is 20.3 Å². The van der Waals surface area contributed by atoms with E-state index in [0.717, 1.165) is 13.0 Å². The molecule has 1 atom stereocenters. The van der Waals surface area contributed by atoms with Crippen molar-refractivity contribution in [2.24, 2.45) is 0 Å². The first kappa shape index (κ1) is 14.4. The van der Waals surface area contributed by atoms with Crippen molar-refractivity contribution in [1.29, 1.82) is 0 Å². The summed E-state index contributed by atoms with van der Waals surface area (Å²) in [6.45, 7) is 11.6. The third-order valence-electron chi connectivity index (χ3n) is 4.79. The second kappa shape index (κ2) is 5.16. The Balaban J connectivity index is 2.58. The fraction of sp³-hybridized carbons (Fsp3) is 0.562. The van der Waals surface area contributed by atoms with Crippen molar-refractivity contribution >= 4 is 17.5 Å². The summed E-state index contributed by atoms with van der Waals surface area (Å²) in [5, 5.41) is 0. The van der Waals surface area contributed by atoms with Crippen molar-refractivity contribution in [3.05, 3.63) is 33.4 Å². The van der Waals surface area contributed by atoms with E-state index >= 15 is 0 Å². The molecule has 0 bridgehead atoms. The predicted molar refractivity (Wildman–Crippen MR) is 79.9 cm³/mol. The van der Waals surface area contributed by atoms with Crippen molar-refractivity contribution in [3.63, 3.8) is 0 Å². The van der Waals surface area contributed by atoms with Crippen LogP contribution in [0, 0.1) is 27.7 Å². The van der Waals surface area contributed by atoms with E-state index in [9.17, 15) is 4.79 Å². The van der Waals surface area contributed by atoms with Crippen LogP contribution in [0.1, 0.15) is 46.3 Å². The van der Waals surface area contributed by atoms with Crippen LogP contribution in [0.4, 0.5) is 0 Å². The molecule has 0 spiro atoms. The number of amides is 1. The lowest BCUT2D eigenvalue weighted by atomic mass is 9.82. The molecule has 0 fully saturated rings. The van der Waals surface area contributed by atoms with Crippen molar-refractivity contribution in [2.75, 3.05) is 12.4 Å². The van der Waals surface area contributed by atoms with Gasteiger partial charge in [0.15, 0.2) is 0 Å². The van der Waals surface area contributed by atoms with Crippen LogP contribution in [-0.2, 0) is 11.2 Å². The average Bonchev–Trinajstić information content (AvgIpc) is 2.41. The van der Waals surface area contributed by atoms with Crippen molar-refractivity contribution < 1.29 is 4.79 Å². The Kier molecular flexibility index (Phi) is 3.91. The second-order valence-corrected chi connectivity index (χ2v) is 5.81. The zero-order valence-corrected chi connectivity index (χ0v) is 13.2. The second-order valence-electron chi connectivity index (χ2n) is 5.54. The molecule has 0 aliphatic carbocycles. The number of rotatable bonds is 1. The highest BCUT2D eigenvalue weighted by Crippen LogP contribution is 2.37. The van der Waals surface area contributed by atoms with Gasteiger partial charge in [-0.2, -0.15) is 0 Å². The van der Waals surface area contributed by atoms with Gasteiger partial charge < -0.3 is 4.90 Å². The first-order chi connectivity index (χ1) is 8.90. The molecule has 0 saturated heterocycles. The molecule has 1 aromatic carbocycles. The molecule has 0 aromatic heterocycles. The number of nitrogens with zero attached hydrogens (tertiary/aromatic N) is 1. The maximum Gasteiger partial charge on any atom is 0.238 e. The first-order valence-electron chi connectivity index (χ1n) is 6.84. The third kappa shape index (κ3) is 2.16. The molecule has 1 unspecified atom stereocenters. The van der Waals surface area contributed by atoms with E-state index in [1.165, 1.54) is 33.4 Å². The van der Waals surface area contributed by atoms with Gasteiger partial charge in [-0.25, -0.2) is 0 Å². The molecular weight excluding hydrogens is 258 g/mol. The molecule has 2 nitrogen and oxygen atoms in total. The Bertz CT molecular complexity index is 536. The number of benzene rings is 1. The van der Waals surface area contributed by atoms with E-state index in [0.29, 0.717) is 0 Å². The van der Waals surface area contributed by atoms with Crippen LogP contribution in [0.5, 0.6) is 0 Å². The SMILES string of the molecule is Cc1c(C)c(C)c2c(c1C)CCN(C(=O)CCl)C2C. The molecule has 3 heteroatoms. The van der Waals surface area contributed by atoms with Crippen LogP contribution in [-0.4, -0.2) is 23.2 Å². The molecule has 0 saturated carbocycles. The van der Waals surface area contributed by atoms with Gasteiger partial charge in [0.25, 0.3) is 0 Å². The highest BCUT2D eigenvalue weighted by atomic mass is 35.5. The van der Waals surface area contributed by atoms with Crippen LogP contribution in [0.25, 0.3) is 0 Å². The fourth-order valence-corrected chi connectivity index (χ4v) is 3.46. The Morgan fingerprint density at radius 2 is 1.74 bits per heavy atom.